The summed E-state index contributed by atoms with van der Waals surface area (Å²) >= 11 is 0. The number of piperidine rings is 1. The zero-order valence-electron chi connectivity index (χ0n) is 24.0. The van der Waals surface area contributed by atoms with E-state index in [4.69, 9.17) is 9.47 Å². The van der Waals surface area contributed by atoms with Gasteiger partial charge in [-0.05, 0) is 79.5 Å². The fraction of sp³-hybridized carbons (Fsp3) is 0.607. The second kappa shape index (κ2) is 10.9. The van der Waals surface area contributed by atoms with Gasteiger partial charge in [0.1, 0.15) is 17.2 Å². The predicted molar refractivity (Wildman–Crippen MR) is 145 cm³/mol. The minimum absolute atomic E-state index is 0.0601. The SMILES string of the molecule is CCN(C(=O)c1cc(F)ccc1Oc1nnc(C)nc1N1CC2(CCN(C(=O)OC(C)(C)C)CC2)C1)C(C)C. The quantitative estimate of drug-likeness (QED) is 0.512. The lowest BCUT2D eigenvalue weighted by molar-refractivity contribution is 0.00584. The Labute approximate surface area is 229 Å². The molecule has 10 nitrogen and oxygen atoms in total. The predicted octanol–water partition coefficient (Wildman–Crippen LogP) is 4.82. The molecule has 3 heterocycles. The number of hydrogen-bond donors (Lipinski definition) is 0. The number of amides is 2. The van der Waals surface area contributed by atoms with Crippen molar-refractivity contribution in [1.82, 2.24) is 25.0 Å². The minimum Gasteiger partial charge on any atom is -0.444 e. The van der Waals surface area contributed by atoms with Gasteiger partial charge in [-0.2, -0.15) is 0 Å². The number of likely N-dealkylation sites (tertiary alicyclic amines) is 1. The first-order valence-corrected chi connectivity index (χ1v) is 13.5. The van der Waals surface area contributed by atoms with Gasteiger partial charge in [0.25, 0.3) is 11.8 Å². The lowest BCUT2D eigenvalue weighted by atomic mass is 9.72. The molecule has 0 saturated carbocycles. The summed E-state index contributed by atoms with van der Waals surface area (Å²) in [5.74, 6) is 0.530. The summed E-state index contributed by atoms with van der Waals surface area (Å²) in [6, 6.07) is 3.82. The number of ether oxygens (including phenoxy) is 2. The molecule has 2 aromatic rings. The summed E-state index contributed by atoms with van der Waals surface area (Å²) in [4.78, 5) is 35.8. The van der Waals surface area contributed by atoms with Crippen LogP contribution in [0.5, 0.6) is 11.6 Å². The maximum absolute atomic E-state index is 14.2. The van der Waals surface area contributed by atoms with Crippen molar-refractivity contribution in [3.8, 4) is 11.6 Å². The van der Waals surface area contributed by atoms with Crippen molar-refractivity contribution in [2.24, 2.45) is 5.41 Å². The summed E-state index contributed by atoms with van der Waals surface area (Å²) in [5, 5.41) is 8.31. The second-order valence-corrected chi connectivity index (χ2v) is 11.7. The summed E-state index contributed by atoms with van der Waals surface area (Å²) in [7, 11) is 0. The largest absolute Gasteiger partial charge is 0.444 e. The van der Waals surface area contributed by atoms with Crippen molar-refractivity contribution in [2.75, 3.05) is 37.6 Å². The third-order valence-corrected chi connectivity index (χ3v) is 7.18. The van der Waals surface area contributed by atoms with Crippen molar-refractivity contribution < 1.29 is 23.5 Å². The highest BCUT2D eigenvalue weighted by Crippen LogP contribution is 2.44. The van der Waals surface area contributed by atoms with Crippen molar-refractivity contribution >= 4 is 17.8 Å². The molecule has 1 aromatic carbocycles. The molecule has 2 amide bonds. The Morgan fingerprint density at radius 2 is 1.82 bits per heavy atom. The Morgan fingerprint density at radius 1 is 1.15 bits per heavy atom. The Hall–Kier alpha value is -3.50. The average Bonchev–Trinajstić information content (AvgIpc) is 2.83. The molecule has 212 valence electrons. The standard InChI is InChI=1S/C28H39FN6O4/c1-8-35(18(2)3)25(36)21-15-20(29)9-10-22(21)38-24-23(30-19(4)31-32-24)34-16-28(17-34)11-13-33(14-12-28)26(37)39-27(5,6)7/h9-10,15,18H,8,11-14,16-17H2,1-7H3. The highest BCUT2D eigenvalue weighted by atomic mass is 19.1. The number of hydrogen-bond acceptors (Lipinski definition) is 8. The monoisotopic (exact) mass is 542 g/mol. The van der Waals surface area contributed by atoms with Crippen LogP contribution < -0.4 is 9.64 Å². The van der Waals surface area contributed by atoms with Crippen LogP contribution in [0.2, 0.25) is 0 Å². The Morgan fingerprint density at radius 3 is 2.41 bits per heavy atom. The molecule has 2 aliphatic rings. The van der Waals surface area contributed by atoms with Crippen LogP contribution in [-0.4, -0.2) is 81.3 Å². The number of nitrogens with zero attached hydrogens (tertiary/aromatic N) is 6. The van der Waals surface area contributed by atoms with E-state index in [0.29, 0.717) is 31.3 Å². The Balaban J connectivity index is 1.49. The number of aryl methyl sites for hydroxylation is 1. The molecule has 39 heavy (non-hydrogen) atoms. The van der Waals surface area contributed by atoms with Gasteiger partial charge in [0.05, 0.1) is 5.56 Å². The minimum atomic E-state index is -0.527. The van der Waals surface area contributed by atoms with Gasteiger partial charge in [0.2, 0.25) is 0 Å². The molecule has 0 bridgehead atoms. The number of aromatic nitrogens is 3. The summed E-state index contributed by atoms with van der Waals surface area (Å²) in [6.07, 6.45) is 1.44. The van der Waals surface area contributed by atoms with Crippen molar-refractivity contribution in [3.05, 3.63) is 35.4 Å². The summed E-state index contributed by atoms with van der Waals surface area (Å²) in [5.41, 5.74) is -0.342. The summed E-state index contributed by atoms with van der Waals surface area (Å²) < 4.78 is 25.8. The average molecular weight is 543 g/mol. The molecule has 4 rings (SSSR count). The van der Waals surface area contributed by atoms with Gasteiger partial charge >= 0.3 is 6.09 Å². The fourth-order valence-electron chi connectivity index (χ4n) is 5.14. The number of anilines is 1. The molecular formula is C28H39FN6O4. The van der Waals surface area contributed by atoms with E-state index in [1.165, 1.54) is 18.2 Å². The van der Waals surface area contributed by atoms with Gasteiger partial charge in [-0.15, -0.1) is 10.2 Å². The van der Waals surface area contributed by atoms with Crippen molar-refractivity contribution in [2.45, 2.75) is 73.0 Å². The lowest BCUT2D eigenvalue weighted by Crippen LogP contribution is -2.61. The van der Waals surface area contributed by atoms with Crippen LogP contribution in [0.25, 0.3) is 0 Å². The van der Waals surface area contributed by atoms with Crippen LogP contribution in [0.15, 0.2) is 18.2 Å². The smallest absolute Gasteiger partial charge is 0.410 e. The van der Waals surface area contributed by atoms with Gasteiger partial charge in [-0.25, -0.2) is 14.2 Å². The van der Waals surface area contributed by atoms with Crippen LogP contribution in [0.4, 0.5) is 15.0 Å². The first-order chi connectivity index (χ1) is 18.3. The number of carbonyl (C=O) groups is 2. The van der Waals surface area contributed by atoms with E-state index < -0.39 is 11.4 Å². The highest BCUT2D eigenvalue weighted by Gasteiger charge is 2.47. The number of carbonyl (C=O) groups excluding carboxylic acids is 2. The van der Waals surface area contributed by atoms with E-state index in [1.54, 1.807) is 16.7 Å². The molecule has 11 heteroatoms. The van der Waals surface area contributed by atoms with Gasteiger partial charge in [0, 0.05) is 44.2 Å². The topological polar surface area (TPSA) is 101 Å². The first kappa shape index (κ1) is 28.5. The first-order valence-electron chi connectivity index (χ1n) is 13.5. The third-order valence-electron chi connectivity index (χ3n) is 7.18. The van der Waals surface area contributed by atoms with Crippen LogP contribution >= 0.6 is 0 Å². The zero-order valence-corrected chi connectivity index (χ0v) is 24.0. The molecule has 2 fully saturated rings. The van der Waals surface area contributed by atoms with Gasteiger partial charge in [-0.1, -0.05) is 0 Å². The van der Waals surface area contributed by atoms with E-state index in [-0.39, 0.29) is 40.7 Å². The lowest BCUT2D eigenvalue weighted by Gasteiger charge is -2.54. The van der Waals surface area contributed by atoms with Gasteiger partial charge < -0.3 is 24.2 Å². The molecule has 0 unspecified atom stereocenters. The third kappa shape index (κ3) is 6.39. The van der Waals surface area contributed by atoms with E-state index in [2.05, 4.69) is 20.1 Å². The number of halogens is 1. The molecular weight excluding hydrogens is 503 g/mol. The molecule has 2 aliphatic heterocycles. The van der Waals surface area contributed by atoms with E-state index in [1.807, 2.05) is 41.5 Å². The van der Waals surface area contributed by atoms with Gasteiger partial charge in [0.15, 0.2) is 11.6 Å². The molecule has 0 radical (unpaired) electrons. The molecule has 0 N–H and O–H groups in total. The number of benzene rings is 1. The van der Waals surface area contributed by atoms with Crippen LogP contribution in [0.3, 0.4) is 0 Å². The molecule has 1 aromatic heterocycles. The Kier molecular flexibility index (Phi) is 7.99. The van der Waals surface area contributed by atoms with Crippen molar-refractivity contribution in [3.63, 3.8) is 0 Å². The molecule has 1 spiro atoms. The van der Waals surface area contributed by atoms with Crippen LogP contribution in [-0.2, 0) is 4.74 Å². The second-order valence-electron chi connectivity index (χ2n) is 11.7. The van der Waals surface area contributed by atoms with E-state index >= 15 is 0 Å². The maximum atomic E-state index is 14.2. The van der Waals surface area contributed by atoms with Crippen LogP contribution in [0, 0.1) is 18.2 Å². The van der Waals surface area contributed by atoms with Crippen LogP contribution in [0.1, 0.15) is 70.6 Å². The van der Waals surface area contributed by atoms with Crippen molar-refractivity contribution in [1.29, 1.82) is 0 Å². The maximum Gasteiger partial charge on any atom is 0.410 e. The van der Waals surface area contributed by atoms with E-state index in [9.17, 15) is 14.0 Å². The molecule has 2 saturated heterocycles. The number of rotatable bonds is 6. The summed E-state index contributed by atoms with van der Waals surface area (Å²) in [6.45, 7) is 16.3. The zero-order chi connectivity index (χ0) is 28.5. The van der Waals surface area contributed by atoms with E-state index in [0.717, 1.165) is 25.9 Å². The Bertz CT molecular complexity index is 1220. The normalized spacial score (nSPS) is 16.7. The highest BCUT2D eigenvalue weighted by molar-refractivity contribution is 5.97. The van der Waals surface area contributed by atoms with Gasteiger partial charge in [-0.3, -0.25) is 4.79 Å². The molecule has 0 atom stereocenters. The fourth-order valence-corrected chi connectivity index (χ4v) is 5.14. The molecule has 0 aliphatic carbocycles.